The largest absolute Gasteiger partial charge is 0.484 e. The van der Waals surface area contributed by atoms with Crippen molar-refractivity contribution in [3.05, 3.63) is 41.6 Å². The second-order valence-electron chi connectivity index (χ2n) is 4.84. The molecule has 1 heterocycles. The van der Waals surface area contributed by atoms with E-state index in [9.17, 15) is 0 Å². The van der Waals surface area contributed by atoms with E-state index < -0.39 is 0 Å². The predicted molar refractivity (Wildman–Crippen MR) is 71.8 cm³/mol. The zero-order valence-corrected chi connectivity index (χ0v) is 11.5. The van der Waals surface area contributed by atoms with Crippen LogP contribution in [0.5, 0.6) is 5.75 Å². The third-order valence-electron chi connectivity index (χ3n) is 2.78. The van der Waals surface area contributed by atoms with Crippen LogP contribution in [0.25, 0.3) is 0 Å². The second kappa shape index (κ2) is 5.84. The minimum atomic E-state index is -0.258. The molecule has 1 atom stereocenters. The van der Waals surface area contributed by atoms with Crippen LogP contribution in [0.4, 0.5) is 0 Å². The Kier molecular flexibility index (Phi) is 4.16. The average Bonchev–Trinajstić information content (AvgIpc) is 2.86. The SMILES string of the molecule is CC(C)c1ccc(OCc2nnc(C(C)N)o2)cc1. The Hall–Kier alpha value is -1.88. The highest BCUT2D eigenvalue weighted by molar-refractivity contribution is 5.28. The zero-order chi connectivity index (χ0) is 13.8. The standard InChI is InChI=1S/C14H19N3O2/c1-9(2)11-4-6-12(7-5-11)18-8-13-16-17-14(19-13)10(3)15/h4-7,9-10H,8,15H2,1-3H3. The molecule has 0 amide bonds. The van der Waals surface area contributed by atoms with Crippen LogP contribution in [0.1, 0.15) is 50.1 Å². The van der Waals surface area contributed by atoms with Crippen molar-refractivity contribution in [3.63, 3.8) is 0 Å². The topological polar surface area (TPSA) is 74.2 Å². The number of nitrogens with two attached hydrogens (primary N) is 1. The van der Waals surface area contributed by atoms with E-state index in [0.717, 1.165) is 5.75 Å². The summed E-state index contributed by atoms with van der Waals surface area (Å²) in [4.78, 5) is 0. The van der Waals surface area contributed by atoms with Crippen LogP contribution in [-0.4, -0.2) is 10.2 Å². The highest BCUT2D eigenvalue weighted by Crippen LogP contribution is 2.19. The summed E-state index contributed by atoms with van der Waals surface area (Å²) in [7, 11) is 0. The van der Waals surface area contributed by atoms with E-state index in [1.165, 1.54) is 5.56 Å². The fraction of sp³-hybridized carbons (Fsp3) is 0.429. The fourth-order valence-electron chi connectivity index (χ4n) is 1.60. The van der Waals surface area contributed by atoms with Crippen LogP contribution in [0, 0.1) is 0 Å². The molecule has 1 unspecified atom stereocenters. The lowest BCUT2D eigenvalue weighted by Gasteiger charge is -2.07. The predicted octanol–water partition coefficient (Wildman–Crippen LogP) is 2.79. The Labute approximate surface area is 112 Å². The van der Waals surface area contributed by atoms with Crippen molar-refractivity contribution in [3.8, 4) is 5.75 Å². The molecule has 1 aromatic heterocycles. The first-order valence-electron chi connectivity index (χ1n) is 6.37. The zero-order valence-electron chi connectivity index (χ0n) is 11.5. The van der Waals surface area contributed by atoms with E-state index in [-0.39, 0.29) is 12.6 Å². The molecular weight excluding hydrogens is 242 g/mol. The summed E-state index contributed by atoms with van der Waals surface area (Å²) in [5, 5.41) is 7.72. The third kappa shape index (κ3) is 3.54. The molecule has 0 saturated carbocycles. The normalized spacial score (nSPS) is 12.7. The van der Waals surface area contributed by atoms with Crippen LogP contribution >= 0.6 is 0 Å². The molecular formula is C14H19N3O2. The molecule has 0 aliphatic carbocycles. The molecule has 0 fully saturated rings. The van der Waals surface area contributed by atoms with Gasteiger partial charge in [-0.2, -0.15) is 0 Å². The van der Waals surface area contributed by atoms with Gasteiger partial charge >= 0.3 is 0 Å². The monoisotopic (exact) mass is 261 g/mol. The van der Waals surface area contributed by atoms with Crippen molar-refractivity contribution in [1.82, 2.24) is 10.2 Å². The number of rotatable bonds is 5. The van der Waals surface area contributed by atoms with Crippen molar-refractivity contribution in [2.24, 2.45) is 5.73 Å². The summed E-state index contributed by atoms with van der Waals surface area (Å²) in [5.74, 6) is 2.15. The molecule has 19 heavy (non-hydrogen) atoms. The van der Waals surface area contributed by atoms with Gasteiger partial charge in [-0.15, -0.1) is 10.2 Å². The number of nitrogens with zero attached hydrogens (tertiary/aromatic N) is 2. The van der Waals surface area contributed by atoms with Crippen LogP contribution in [-0.2, 0) is 6.61 Å². The molecule has 2 rings (SSSR count). The van der Waals surface area contributed by atoms with Gasteiger partial charge in [0.05, 0.1) is 6.04 Å². The van der Waals surface area contributed by atoms with Gasteiger partial charge in [-0.05, 0) is 30.5 Å². The summed E-state index contributed by atoms with van der Waals surface area (Å²) in [5.41, 5.74) is 6.92. The quantitative estimate of drug-likeness (QED) is 0.895. The Bertz CT molecular complexity index is 518. The summed E-state index contributed by atoms with van der Waals surface area (Å²) in [6.45, 7) is 6.36. The lowest BCUT2D eigenvalue weighted by molar-refractivity contribution is 0.257. The van der Waals surface area contributed by atoms with Gasteiger partial charge in [0, 0.05) is 0 Å². The Morgan fingerprint density at radius 2 is 1.84 bits per heavy atom. The summed E-state index contributed by atoms with van der Waals surface area (Å²) in [6.07, 6.45) is 0. The molecule has 0 radical (unpaired) electrons. The molecule has 0 spiro atoms. The van der Waals surface area contributed by atoms with Crippen molar-refractivity contribution in [2.75, 3.05) is 0 Å². The first-order chi connectivity index (χ1) is 9.06. The Morgan fingerprint density at radius 1 is 1.16 bits per heavy atom. The number of hydrogen-bond donors (Lipinski definition) is 1. The van der Waals surface area contributed by atoms with Crippen LogP contribution in [0.3, 0.4) is 0 Å². The lowest BCUT2D eigenvalue weighted by Crippen LogP contribution is -2.04. The maximum atomic E-state index is 5.64. The summed E-state index contributed by atoms with van der Waals surface area (Å²) >= 11 is 0. The van der Waals surface area contributed by atoms with Crippen molar-refractivity contribution >= 4 is 0 Å². The van der Waals surface area contributed by atoms with Crippen LogP contribution in [0.2, 0.25) is 0 Å². The highest BCUT2D eigenvalue weighted by atomic mass is 16.5. The summed E-state index contributed by atoms with van der Waals surface area (Å²) in [6, 6.07) is 7.74. The fourth-order valence-corrected chi connectivity index (χ4v) is 1.60. The van der Waals surface area contributed by atoms with E-state index in [4.69, 9.17) is 14.9 Å². The van der Waals surface area contributed by atoms with Gasteiger partial charge in [0.25, 0.3) is 5.89 Å². The minimum Gasteiger partial charge on any atom is -0.484 e. The maximum Gasteiger partial charge on any atom is 0.253 e. The van der Waals surface area contributed by atoms with Gasteiger partial charge in [0.15, 0.2) is 6.61 Å². The van der Waals surface area contributed by atoms with E-state index in [1.807, 2.05) is 12.1 Å². The first kappa shape index (κ1) is 13.5. The molecule has 1 aromatic carbocycles. The lowest BCUT2D eigenvalue weighted by atomic mass is 10.0. The van der Waals surface area contributed by atoms with Gasteiger partial charge in [0.1, 0.15) is 5.75 Å². The Morgan fingerprint density at radius 3 is 2.37 bits per heavy atom. The van der Waals surface area contributed by atoms with Gasteiger partial charge in [-0.1, -0.05) is 26.0 Å². The number of benzene rings is 1. The average molecular weight is 261 g/mol. The van der Waals surface area contributed by atoms with E-state index in [1.54, 1.807) is 6.92 Å². The second-order valence-corrected chi connectivity index (χ2v) is 4.84. The molecule has 5 nitrogen and oxygen atoms in total. The van der Waals surface area contributed by atoms with Gasteiger partial charge < -0.3 is 14.9 Å². The number of ether oxygens (including phenoxy) is 1. The van der Waals surface area contributed by atoms with E-state index >= 15 is 0 Å². The first-order valence-corrected chi connectivity index (χ1v) is 6.37. The number of aromatic nitrogens is 2. The summed E-state index contributed by atoms with van der Waals surface area (Å²) < 4.78 is 10.9. The van der Waals surface area contributed by atoms with Crippen molar-refractivity contribution in [1.29, 1.82) is 0 Å². The van der Waals surface area contributed by atoms with Crippen molar-refractivity contribution < 1.29 is 9.15 Å². The van der Waals surface area contributed by atoms with Crippen LogP contribution in [0.15, 0.2) is 28.7 Å². The molecule has 2 N–H and O–H groups in total. The molecule has 0 saturated heterocycles. The Balaban J connectivity index is 1.94. The molecule has 102 valence electrons. The van der Waals surface area contributed by atoms with Crippen molar-refractivity contribution in [2.45, 2.75) is 39.3 Å². The van der Waals surface area contributed by atoms with E-state index in [0.29, 0.717) is 17.7 Å². The maximum absolute atomic E-state index is 5.64. The molecule has 0 bridgehead atoms. The third-order valence-corrected chi connectivity index (χ3v) is 2.78. The van der Waals surface area contributed by atoms with Gasteiger partial charge in [-0.25, -0.2) is 0 Å². The molecule has 5 heteroatoms. The van der Waals surface area contributed by atoms with Gasteiger partial charge in [-0.3, -0.25) is 0 Å². The minimum absolute atomic E-state index is 0.251. The molecule has 2 aromatic rings. The van der Waals surface area contributed by atoms with Gasteiger partial charge in [0.2, 0.25) is 5.89 Å². The van der Waals surface area contributed by atoms with E-state index in [2.05, 4.69) is 36.2 Å². The smallest absolute Gasteiger partial charge is 0.253 e. The molecule has 0 aliphatic heterocycles. The molecule has 0 aliphatic rings. The highest BCUT2D eigenvalue weighted by Gasteiger charge is 2.10. The number of hydrogen-bond acceptors (Lipinski definition) is 5. The van der Waals surface area contributed by atoms with Crippen LogP contribution < -0.4 is 10.5 Å².